The maximum absolute atomic E-state index is 11.8. The largest absolute Gasteiger partial charge is 0.399 e. The summed E-state index contributed by atoms with van der Waals surface area (Å²) in [5, 5.41) is 2.99. The van der Waals surface area contributed by atoms with Crippen LogP contribution < -0.4 is 11.1 Å². The van der Waals surface area contributed by atoms with E-state index in [2.05, 4.69) is 12.2 Å². The van der Waals surface area contributed by atoms with Gasteiger partial charge in [0.2, 0.25) is 5.91 Å². The van der Waals surface area contributed by atoms with Gasteiger partial charge in [0.15, 0.2) is 0 Å². The Morgan fingerprint density at radius 3 is 2.84 bits per heavy atom. The lowest BCUT2D eigenvalue weighted by atomic mass is 9.89. The highest BCUT2D eigenvalue weighted by molar-refractivity contribution is 5.91. The van der Waals surface area contributed by atoms with Crippen LogP contribution in [0.3, 0.4) is 0 Å². The van der Waals surface area contributed by atoms with Crippen molar-refractivity contribution in [3.63, 3.8) is 0 Å². The zero-order valence-electron chi connectivity index (χ0n) is 11.5. The van der Waals surface area contributed by atoms with Gasteiger partial charge in [-0.25, -0.2) is 0 Å². The van der Waals surface area contributed by atoms with Crippen molar-refractivity contribution in [1.29, 1.82) is 0 Å². The highest BCUT2D eigenvalue weighted by Gasteiger charge is 2.28. The molecule has 1 amide bonds. The number of nitrogen functional groups attached to an aromatic ring is 1. The molecular formula is C16H22N2O. The molecule has 0 bridgehead atoms. The predicted molar refractivity (Wildman–Crippen MR) is 79.5 cm³/mol. The van der Waals surface area contributed by atoms with Gasteiger partial charge in [0, 0.05) is 18.3 Å². The molecule has 0 spiro atoms. The van der Waals surface area contributed by atoms with Crippen LogP contribution in [0.2, 0.25) is 0 Å². The van der Waals surface area contributed by atoms with Crippen LogP contribution in [-0.2, 0) is 4.79 Å². The molecular weight excluding hydrogens is 236 g/mol. The number of benzene rings is 1. The molecule has 0 aliphatic heterocycles. The molecule has 1 fully saturated rings. The van der Waals surface area contributed by atoms with E-state index in [1.54, 1.807) is 12.2 Å². The van der Waals surface area contributed by atoms with Gasteiger partial charge < -0.3 is 11.1 Å². The number of hydrogen-bond acceptors (Lipinski definition) is 2. The zero-order valence-corrected chi connectivity index (χ0v) is 11.5. The summed E-state index contributed by atoms with van der Waals surface area (Å²) in [6.45, 7) is 3.02. The molecule has 0 saturated heterocycles. The van der Waals surface area contributed by atoms with Crippen molar-refractivity contribution in [3.05, 3.63) is 35.9 Å². The summed E-state index contributed by atoms with van der Waals surface area (Å²) < 4.78 is 0. The molecule has 3 heteroatoms. The lowest BCUT2D eigenvalue weighted by Gasteiger charge is -2.23. The molecule has 0 atom stereocenters. The molecule has 1 aliphatic carbocycles. The minimum Gasteiger partial charge on any atom is -0.399 e. The minimum absolute atomic E-state index is 0.0319. The maximum atomic E-state index is 11.8. The quantitative estimate of drug-likeness (QED) is 0.644. The molecule has 2 rings (SSSR count). The average Bonchev–Trinajstić information content (AvgIpc) is 2.82. The molecule has 0 aromatic heterocycles. The Labute approximate surface area is 114 Å². The Bertz CT molecular complexity index is 473. The summed E-state index contributed by atoms with van der Waals surface area (Å²) in [6.07, 6.45) is 8.37. The van der Waals surface area contributed by atoms with Crippen LogP contribution >= 0.6 is 0 Å². The summed E-state index contributed by atoms with van der Waals surface area (Å²) in [7, 11) is 0. The first-order valence-electron chi connectivity index (χ1n) is 6.89. The van der Waals surface area contributed by atoms with Crippen LogP contribution in [0.1, 0.15) is 38.2 Å². The first-order chi connectivity index (χ1) is 9.07. The molecule has 19 heavy (non-hydrogen) atoms. The monoisotopic (exact) mass is 258 g/mol. The highest BCUT2D eigenvalue weighted by Crippen LogP contribution is 2.36. The van der Waals surface area contributed by atoms with E-state index in [1.165, 1.54) is 25.7 Å². The smallest absolute Gasteiger partial charge is 0.244 e. The molecule has 0 radical (unpaired) electrons. The standard InChI is InChI=1S/C16H22N2O/c1-16(9-2-3-10-16)12-18-15(19)8-7-13-5-4-6-14(17)11-13/h4-8,11H,2-3,9-10,12,17H2,1H3,(H,18,19)/b8-7+. The Morgan fingerprint density at radius 1 is 1.42 bits per heavy atom. The molecule has 0 heterocycles. The molecule has 1 aliphatic rings. The SMILES string of the molecule is CC1(CNC(=O)/C=C/c2cccc(N)c2)CCCC1. The van der Waals surface area contributed by atoms with Gasteiger partial charge in [0.25, 0.3) is 0 Å². The van der Waals surface area contributed by atoms with Crippen LogP contribution in [0, 0.1) is 5.41 Å². The van der Waals surface area contributed by atoms with Gasteiger partial charge in [-0.15, -0.1) is 0 Å². The normalized spacial score (nSPS) is 17.7. The van der Waals surface area contributed by atoms with E-state index >= 15 is 0 Å². The molecule has 3 N–H and O–H groups in total. The highest BCUT2D eigenvalue weighted by atomic mass is 16.1. The summed E-state index contributed by atoms with van der Waals surface area (Å²) in [4.78, 5) is 11.8. The van der Waals surface area contributed by atoms with E-state index in [9.17, 15) is 4.79 Å². The van der Waals surface area contributed by atoms with E-state index < -0.39 is 0 Å². The summed E-state index contributed by atoms with van der Waals surface area (Å²) in [5.41, 5.74) is 7.64. The van der Waals surface area contributed by atoms with E-state index in [4.69, 9.17) is 5.73 Å². The number of hydrogen-bond donors (Lipinski definition) is 2. The van der Waals surface area contributed by atoms with E-state index in [0.717, 1.165) is 12.1 Å². The predicted octanol–water partition coefficient (Wildman–Crippen LogP) is 2.98. The van der Waals surface area contributed by atoms with Crippen LogP contribution in [0.15, 0.2) is 30.3 Å². The van der Waals surface area contributed by atoms with Crippen molar-refractivity contribution in [3.8, 4) is 0 Å². The van der Waals surface area contributed by atoms with Gasteiger partial charge >= 0.3 is 0 Å². The Morgan fingerprint density at radius 2 is 2.16 bits per heavy atom. The van der Waals surface area contributed by atoms with Crippen LogP contribution in [0.4, 0.5) is 5.69 Å². The fraction of sp³-hybridized carbons (Fsp3) is 0.438. The number of amides is 1. The van der Waals surface area contributed by atoms with Crippen molar-refractivity contribution in [2.45, 2.75) is 32.6 Å². The summed E-state index contributed by atoms with van der Waals surface area (Å²) in [6, 6.07) is 7.49. The molecule has 1 aromatic carbocycles. The Kier molecular flexibility index (Phi) is 4.25. The number of anilines is 1. The van der Waals surface area contributed by atoms with Crippen molar-refractivity contribution in [2.75, 3.05) is 12.3 Å². The average molecular weight is 258 g/mol. The Balaban J connectivity index is 1.84. The number of carbonyl (C=O) groups excluding carboxylic acids is 1. The molecule has 0 unspecified atom stereocenters. The third kappa shape index (κ3) is 4.12. The first kappa shape index (κ1) is 13.7. The van der Waals surface area contributed by atoms with Crippen molar-refractivity contribution < 1.29 is 4.79 Å². The fourth-order valence-corrected chi connectivity index (χ4v) is 2.60. The van der Waals surface area contributed by atoms with Crippen molar-refractivity contribution >= 4 is 17.7 Å². The van der Waals surface area contributed by atoms with Gasteiger partial charge in [-0.3, -0.25) is 4.79 Å². The molecule has 3 nitrogen and oxygen atoms in total. The van der Waals surface area contributed by atoms with Gasteiger partial charge in [-0.05, 0) is 42.0 Å². The molecule has 102 valence electrons. The summed E-state index contributed by atoms with van der Waals surface area (Å²) >= 11 is 0. The maximum Gasteiger partial charge on any atom is 0.244 e. The van der Waals surface area contributed by atoms with Crippen LogP contribution in [0.25, 0.3) is 6.08 Å². The number of nitrogens with two attached hydrogens (primary N) is 1. The molecule has 1 saturated carbocycles. The lowest BCUT2D eigenvalue weighted by Crippen LogP contribution is -2.33. The van der Waals surface area contributed by atoms with Gasteiger partial charge in [0.1, 0.15) is 0 Å². The third-order valence-corrected chi connectivity index (χ3v) is 3.84. The lowest BCUT2D eigenvalue weighted by molar-refractivity contribution is -0.116. The van der Waals surface area contributed by atoms with Crippen LogP contribution in [0.5, 0.6) is 0 Å². The van der Waals surface area contributed by atoms with E-state index in [0.29, 0.717) is 11.1 Å². The number of rotatable bonds is 4. The third-order valence-electron chi connectivity index (χ3n) is 3.84. The van der Waals surface area contributed by atoms with Crippen LogP contribution in [-0.4, -0.2) is 12.5 Å². The second-order valence-electron chi connectivity index (χ2n) is 5.74. The van der Waals surface area contributed by atoms with Crippen molar-refractivity contribution in [1.82, 2.24) is 5.32 Å². The second kappa shape index (κ2) is 5.91. The summed E-state index contributed by atoms with van der Waals surface area (Å²) in [5.74, 6) is -0.0319. The number of carbonyl (C=O) groups is 1. The zero-order chi connectivity index (χ0) is 13.7. The first-order valence-corrected chi connectivity index (χ1v) is 6.89. The topological polar surface area (TPSA) is 55.1 Å². The van der Waals surface area contributed by atoms with Gasteiger partial charge in [-0.2, -0.15) is 0 Å². The number of nitrogens with one attached hydrogen (secondary N) is 1. The van der Waals surface area contributed by atoms with E-state index in [1.807, 2.05) is 24.3 Å². The van der Waals surface area contributed by atoms with Crippen molar-refractivity contribution in [2.24, 2.45) is 5.41 Å². The minimum atomic E-state index is -0.0319. The van der Waals surface area contributed by atoms with E-state index in [-0.39, 0.29) is 5.91 Å². The fourth-order valence-electron chi connectivity index (χ4n) is 2.60. The second-order valence-corrected chi connectivity index (χ2v) is 5.74. The molecule has 1 aromatic rings. The van der Waals surface area contributed by atoms with Gasteiger partial charge in [0.05, 0.1) is 0 Å². The Hall–Kier alpha value is -1.77. The van der Waals surface area contributed by atoms with Gasteiger partial charge in [-0.1, -0.05) is 31.9 Å².